The largest absolute Gasteiger partial charge is 0.464 e. The average molecular weight is 249 g/mol. The maximum atomic E-state index is 11.2. The highest BCUT2D eigenvalue weighted by atomic mass is 32.2. The summed E-state index contributed by atoms with van der Waals surface area (Å²) in [6.45, 7) is 0. The van der Waals surface area contributed by atoms with Gasteiger partial charge in [0.25, 0.3) is 0 Å². The van der Waals surface area contributed by atoms with E-state index >= 15 is 0 Å². The molecule has 0 radical (unpaired) electrons. The van der Waals surface area contributed by atoms with Crippen LogP contribution in [0.1, 0.15) is 10.5 Å². The molecule has 0 amide bonds. The van der Waals surface area contributed by atoms with Crippen molar-refractivity contribution in [3.8, 4) is 5.69 Å². The molecule has 0 atom stereocenters. The molecule has 0 bridgehead atoms. The minimum atomic E-state index is -0.489. The van der Waals surface area contributed by atoms with Crippen LogP contribution in [0.25, 0.3) is 5.69 Å². The number of carbonyl (C=O) groups is 1. The van der Waals surface area contributed by atoms with Gasteiger partial charge >= 0.3 is 5.97 Å². The van der Waals surface area contributed by atoms with Gasteiger partial charge in [-0.3, -0.25) is 0 Å². The number of aromatic nitrogens is 3. The maximum absolute atomic E-state index is 11.2. The smallest absolute Gasteiger partial charge is 0.360 e. The van der Waals surface area contributed by atoms with Crippen molar-refractivity contribution in [1.82, 2.24) is 15.0 Å². The Morgan fingerprint density at radius 3 is 2.65 bits per heavy atom. The van der Waals surface area contributed by atoms with Gasteiger partial charge < -0.3 is 4.74 Å². The standard InChI is InChI=1S/C11H11N3O2S/c1-16-11(15)10-7-14(13-12-10)8-3-5-9(17-2)6-4-8/h3-7H,1-2H3. The monoisotopic (exact) mass is 249 g/mol. The predicted octanol–water partition coefficient (Wildman–Crippen LogP) is 1.78. The lowest BCUT2D eigenvalue weighted by molar-refractivity contribution is 0.0594. The van der Waals surface area contributed by atoms with E-state index in [4.69, 9.17) is 0 Å². The summed E-state index contributed by atoms with van der Waals surface area (Å²) < 4.78 is 6.10. The SMILES string of the molecule is COC(=O)c1cn(-c2ccc(SC)cc2)nn1. The number of ether oxygens (including phenoxy) is 1. The van der Waals surface area contributed by atoms with Crippen LogP contribution in [-0.2, 0) is 4.74 Å². The van der Waals surface area contributed by atoms with Crippen LogP contribution in [0, 0.1) is 0 Å². The molecule has 0 saturated carbocycles. The van der Waals surface area contributed by atoms with Crippen molar-refractivity contribution in [3.63, 3.8) is 0 Å². The lowest BCUT2D eigenvalue weighted by atomic mass is 10.3. The van der Waals surface area contributed by atoms with Gasteiger partial charge in [-0.1, -0.05) is 5.21 Å². The van der Waals surface area contributed by atoms with Gasteiger partial charge in [-0.2, -0.15) is 0 Å². The first kappa shape index (κ1) is 11.7. The second kappa shape index (κ2) is 5.01. The Labute approximate surface area is 103 Å². The van der Waals surface area contributed by atoms with Gasteiger partial charge in [-0.05, 0) is 30.5 Å². The molecule has 2 rings (SSSR count). The number of benzene rings is 1. The molecule has 0 unspecified atom stereocenters. The van der Waals surface area contributed by atoms with E-state index in [9.17, 15) is 4.79 Å². The Kier molecular flexibility index (Phi) is 3.43. The zero-order valence-electron chi connectivity index (χ0n) is 9.45. The molecular weight excluding hydrogens is 238 g/mol. The van der Waals surface area contributed by atoms with Crippen molar-refractivity contribution in [2.45, 2.75) is 4.90 Å². The molecule has 2 aromatic rings. The summed E-state index contributed by atoms with van der Waals surface area (Å²) in [6.07, 6.45) is 3.56. The topological polar surface area (TPSA) is 57.0 Å². The normalized spacial score (nSPS) is 10.2. The highest BCUT2D eigenvalue weighted by Crippen LogP contribution is 2.16. The fraction of sp³-hybridized carbons (Fsp3) is 0.182. The van der Waals surface area contributed by atoms with E-state index in [1.165, 1.54) is 16.7 Å². The molecule has 1 heterocycles. The van der Waals surface area contributed by atoms with Crippen molar-refractivity contribution in [3.05, 3.63) is 36.2 Å². The molecule has 0 aliphatic heterocycles. The van der Waals surface area contributed by atoms with E-state index in [-0.39, 0.29) is 5.69 Å². The Bertz CT molecular complexity index is 522. The van der Waals surface area contributed by atoms with Crippen molar-refractivity contribution < 1.29 is 9.53 Å². The summed E-state index contributed by atoms with van der Waals surface area (Å²) in [5.74, 6) is -0.489. The predicted molar refractivity (Wildman–Crippen MR) is 64.5 cm³/mol. The van der Waals surface area contributed by atoms with Crippen LogP contribution in [0.5, 0.6) is 0 Å². The van der Waals surface area contributed by atoms with E-state index in [0.717, 1.165) is 5.69 Å². The van der Waals surface area contributed by atoms with Gasteiger partial charge in [0, 0.05) is 4.90 Å². The molecular formula is C11H11N3O2S. The third-order valence-corrected chi connectivity index (χ3v) is 2.97. The quantitative estimate of drug-likeness (QED) is 0.613. The van der Waals surface area contributed by atoms with E-state index in [1.54, 1.807) is 18.0 Å². The molecule has 1 aromatic heterocycles. The summed E-state index contributed by atoms with van der Waals surface area (Å²) >= 11 is 1.67. The minimum Gasteiger partial charge on any atom is -0.464 e. The molecule has 0 spiro atoms. The van der Waals surface area contributed by atoms with Gasteiger partial charge in [0.15, 0.2) is 5.69 Å². The number of hydrogen-bond acceptors (Lipinski definition) is 5. The van der Waals surface area contributed by atoms with Crippen LogP contribution in [0.4, 0.5) is 0 Å². The number of hydrogen-bond donors (Lipinski definition) is 0. The van der Waals surface area contributed by atoms with Gasteiger partial charge in [-0.25, -0.2) is 9.48 Å². The van der Waals surface area contributed by atoms with E-state index in [2.05, 4.69) is 15.0 Å². The minimum absolute atomic E-state index is 0.196. The summed E-state index contributed by atoms with van der Waals surface area (Å²) in [5, 5.41) is 7.61. The van der Waals surface area contributed by atoms with E-state index in [1.807, 2.05) is 30.5 Å². The number of nitrogens with zero attached hydrogens (tertiary/aromatic N) is 3. The number of rotatable bonds is 3. The van der Waals surface area contributed by atoms with Gasteiger partial charge in [0.2, 0.25) is 0 Å². The zero-order valence-corrected chi connectivity index (χ0v) is 10.3. The lowest BCUT2D eigenvalue weighted by Crippen LogP contribution is -2.01. The molecule has 5 nitrogen and oxygen atoms in total. The number of esters is 1. The highest BCUT2D eigenvalue weighted by molar-refractivity contribution is 7.98. The molecule has 1 aromatic carbocycles. The molecule has 0 fully saturated rings. The molecule has 17 heavy (non-hydrogen) atoms. The van der Waals surface area contributed by atoms with Crippen molar-refractivity contribution in [2.75, 3.05) is 13.4 Å². The van der Waals surface area contributed by atoms with Crippen LogP contribution >= 0.6 is 11.8 Å². The summed E-state index contributed by atoms with van der Waals surface area (Å²) in [7, 11) is 1.31. The lowest BCUT2D eigenvalue weighted by Gasteiger charge is -2.00. The van der Waals surface area contributed by atoms with Crippen LogP contribution in [-0.4, -0.2) is 34.3 Å². The Balaban J connectivity index is 2.27. The zero-order chi connectivity index (χ0) is 12.3. The van der Waals surface area contributed by atoms with Gasteiger partial charge in [0.05, 0.1) is 19.0 Å². The molecule has 88 valence electrons. The van der Waals surface area contributed by atoms with Crippen LogP contribution in [0.15, 0.2) is 35.4 Å². The Morgan fingerprint density at radius 1 is 1.35 bits per heavy atom. The van der Waals surface area contributed by atoms with Crippen molar-refractivity contribution in [1.29, 1.82) is 0 Å². The number of methoxy groups -OCH3 is 1. The van der Waals surface area contributed by atoms with E-state index in [0.29, 0.717) is 0 Å². The Morgan fingerprint density at radius 2 is 2.06 bits per heavy atom. The van der Waals surface area contributed by atoms with Crippen molar-refractivity contribution >= 4 is 17.7 Å². The maximum Gasteiger partial charge on any atom is 0.360 e. The number of thioether (sulfide) groups is 1. The van der Waals surface area contributed by atoms with Gasteiger partial charge in [0.1, 0.15) is 0 Å². The fourth-order valence-corrected chi connectivity index (χ4v) is 1.73. The molecule has 0 aliphatic rings. The second-order valence-corrected chi connectivity index (χ2v) is 4.12. The van der Waals surface area contributed by atoms with Crippen LogP contribution < -0.4 is 0 Å². The first-order chi connectivity index (χ1) is 8.24. The fourth-order valence-electron chi connectivity index (χ4n) is 1.32. The van der Waals surface area contributed by atoms with Crippen molar-refractivity contribution in [2.24, 2.45) is 0 Å². The first-order valence-corrected chi connectivity index (χ1v) is 6.12. The van der Waals surface area contributed by atoms with E-state index < -0.39 is 5.97 Å². The summed E-state index contributed by atoms with van der Waals surface area (Å²) in [6, 6.07) is 7.81. The number of carbonyl (C=O) groups excluding carboxylic acids is 1. The summed E-state index contributed by atoms with van der Waals surface area (Å²) in [5.41, 5.74) is 1.05. The molecule has 6 heteroatoms. The second-order valence-electron chi connectivity index (χ2n) is 3.24. The van der Waals surface area contributed by atoms with Crippen LogP contribution in [0.3, 0.4) is 0 Å². The molecule has 0 N–H and O–H groups in total. The third-order valence-electron chi connectivity index (χ3n) is 2.22. The molecule has 0 saturated heterocycles. The summed E-state index contributed by atoms with van der Waals surface area (Å²) in [4.78, 5) is 12.4. The average Bonchev–Trinajstić information content (AvgIpc) is 2.87. The molecule has 0 aliphatic carbocycles. The van der Waals surface area contributed by atoms with Gasteiger partial charge in [-0.15, -0.1) is 16.9 Å². The first-order valence-electron chi connectivity index (χ1n) is 4.89. The Hall–Kier alpha value is -1.82. The highest BCUT2D eigenvalue weighted by Gasteiger charge is 2.11. The van der Waals surface area contributed by atoms with Crippen LogP contribution in [0.2, 0.25) is 0 Å². The third kappa shape index (κ3) is 2.47.